The third-order valence-electron chi connectivity index (χ3n) is 2.80. The Labute approximate surface area is 100 Å². The highest BCUT2D eigenvalue weighted by atomic mass is 16.5. The smallest absolute Gasteiger partial charge is 0.316 e. The summed E-state index contributed by atoms with van der Waals surface area (Å²) in [4.78, 5) is 10.7. The van der Waals surface area contributed by atoms with Crippen LogP contribution in [0.25, 0.3) is 0 Å². The highest BCUT2D eigenvalue weighted by molar-refractivity contribution is 5.87. The van der Waals surface area contributed by atoms with Crippen LogP contribution in [0.3, 0.4) is 0 Å². The highest BCUT2D eigenvalue weighted by Crippen LogP contribution is 2.17. The standard InChI is InChI=1S/C12H17N3O2/c1-8(14-11-6-17-7-11)9-2-4-10(5-3-9)15-12(13)16/h2-5,8,11,14H,6-7H2,1H3,(H3,13,15,16). The van der Waals surface area contributed by atoms with Crippen LogP contribution in [0.2, 0.25) is 0 Å². The van der Waals surface area contributed by atoms with E-state index in [0.29, 0.717) is 11.7 Å². The molecule has 1 saturated heterocycles. The van der Waals surface area contributed by atoms with E-state index in [4.69, 9.17) is 10.5 Å². The van der Waals surface area contributed by atoms with Gasteiger partial charge in [0.25, 0.3) is 0 Å². The van der Waals surface area contributed by atoms with Crippen molar-refractivity contribution in [2.24, 2.45) is 5.73 Å². The van der Waals surface area contributed by atoms with E-state index in [1.807, 2.05) is 24.3 Å². The van der Waals surface area contributed by atoms with Crippen molar-refractivity contribution in [1.29, 1.82) is 0 Å². The molecule has 0 saturated carbocycles. The molecule has 1 aliphatic rings. The minimum atomic E-state index is -0.546. The summed E-state index contributed by atoms with van der Waals surface area (Å²) in [6, 6.07) is 7.81. The highest BCUT2D eigenvalue weighted by Gasteiger charge is 2.20. The molecule has 5 heteroatoms. The quantitative estimate of drug-likeness (QED) is 0.734. The Morgan fingerprint density at radius 1 is 1.41 bits per heavy atom. The van der Waals surface area contributed by atoms with Crippen LogP contribution in [0.15, 0.2) is 24.3 Å². The predicted octanol–water partition coefficient (Wildman–Crippen LogP) is 1.23. The number of nitrogens with two attached hydrogens (primary N) is 1. The van der Waals surface area contributed by atoms with Gasteiger partial charge in [0.05, 0.1) is 19.3 Å². The van der Waals surface area contributed by atoms with Gasteiger partial charge in [-0.05, 0) is 24.6 Å². The minimum Gasteiger partial charge on any atom is -0.378 e. The van der Waals surface area contributed by atoms with E-state index in [1.54, 1.807) is 0 Å². The SMILES string of the molecule is CC(NC1COC1)c1ccc(NC(N)=O)cc1. The number of carbonyl (C=O) groups is 1. The van der Waals surface area contributed by atoms with Gasteiger partial charge in [-0.25, -0.2) is 4.79 Å². The van der Waals surface area contributed by atoms with Crippen molar-refractivity contribution in [2.45, 2.75) is 19.0 Å². The lowest BCUT2D eigenvalue weighted by Gasteiger charge is -2.30. The normalized spacial score (nSPS) is 17.2. The van der Waals surface area contributed by atoms with Crippen molar-refractivity contribution >= 4 is 11.7 Å². The van der Waals surface area contributed by atoms with Crippen LogP contribution in [0, 0.1) is 0 Å². The van der Waals surface area contributed by atoms with Crippen LogP contribution >= 0.6 is 0 Å². The molecule has 1 aliphatic heterocycles. The predicted molar refractivity (Wildman–Crippen MR) is 65.8 cm³/mol. The van der Waals surface area contributed by atoms with E-state index in [1.165, 1.54) is 5.56 Å². The van der Waals surface area contributed by atoms with Gasteiger partial charge in [-0.1, -0.05) is 12.1 Å². The number of hydrogen-bond acceptors (Lipinski definition) is 3. The van der Waals surface area contributed by atoms with Gasteiger partial charge in [0.15, 0.2) is 0 Å². The molecule has 4 N–H and O–H groups in total. The number of urea groups is 1. The van der Waals surface area contributed by atoms with Crippen molar-refractivity contribution in [3.8, 4) is 0 Å². The fourth-order valence-corrected chi connectivity index (χ4v) is 1.78. The summed E-state index contributed by atoms with van der Waals surface area (Å²) in [7, 11) is 0. The van der Waals surface area contributed by atoms with Crippen molar-refractivity contribution < 1.29 is 9.53 Å². The molecule has 1 atom stereocenters. The Balaban J connectivity index is 1.93. The fraction of sp³-hybridized carbons (Fsp3) is 0.417. The molecule has 2 amide bonds. The number of amides is 2. The van der Waals surface area contributed by atoms with Crippen LogP contribution in [0.1, 0.15) is 18.5 Å². The molecule has 1 aromatic rings. The summed E-state index contributed by atoms with van der Waals surface area (Å²) in [6.45, 7) is 3.67. The molecule has 0 bridgehead atoms. The van der Waals surface area contributed by atoms with Crippen molar-refractivity contribution in [3.05, 3.63) is 29.8 Å². The lowest BCUT2D eigenvalue weighted by molar-refractivity contribution is -0.00925. The summed E-state index contributed by atoms with van der Waals surface area (Å²) >= 11 is 0. The van der Waals surface area contributed by atoms with Crippen LogP contribution in [0.4, 0.5) is 10.5 Å². The largest absolute Gasteiger partial charge is 0.378 e. The van der Waals surface area contributed by atoms with Gasteiger partial charge in [0, 0.05) is 11.7 Å². The summed E-state index contributed by atoms with van der Waals surface area (Å²) in [6.07, 6.45) is 0. The number of nitrogens with one attached hydrogen (secondary N) is 2. The molecule has 0 spiro atoms. The summed E-state index contributed by atoms with van der Waals surface area (Å²) < 4.78 is 5.11. The Hall–Kier alpha value is -1.59. The number of anilines is 1. The molecule has 0 aromatic heterocycles. The van der Waals surface area contributed by atoms with E-state index in [2.05, 4.69) is 17.6 Å². The van der Waals surface area contributed by atoms with E-state index in [-0.39, 0.29) is 6.04 Å². The zero-order chi connectivity index (χ0) is 12.3. The molecule has 1 heterocycles. The molecule has 92 valence electrons. The lowest BCUT2D eigenvalue weighted by Crippen LogP contribution is -2.46. The zero-order valence-corrected chi connectivity index (χ0v) is 9.77. The first-order chi connectivity index (χ1) is 8.15. The van der Waals surface area contributed by atoms with Crippen molar-refractivity contribution in [1.82, 2.24) is 5.32 Å². The first-order valence-electron chi connectivity index (χ1n) is 5.65. The van der Waals surface area contributed by atoms with Crippen LogP contribution in [-0.4, -0.2) is 25.3 Å². The van der Waals surface area contributed by atoms with E-state index in [0.717, 1.165) is 13.2 Å². The number of carbonyl (C=O) groups excluding carboxylic acids is 1. The Kier molecular flexibility index (Phi) is 3.61. The maximum atomic E-state index is 10.7. The summed E-state index contributed by atoms with van der Waals surface area (Å²) in [5, 5.41) is 5.99. The zero-order valence-electron chi connectivity index (χ0n) is 9.77. The number of hydrogen-bond donors (Lipinski definition) is 3. The monoisotopic (exact) mass is 235 g/mol. The average Bonchev–Trinajstić information content (AvgIpc) is 2.23. The lowest BCUT2D eigenvalue weighted by atomic mass is 10.1. The van der Waals surface area contributed by atoms with Crippen LogP contribution in [0.5, 0.6) is 0 Å². The van der Waals surface area contributed by atoms with Gasteiger partial charge in [0.1, 0.15) is 0 Å². The Bertz CT molecular complexity index is 387. The molecular weight excluding hydrogens is 218 g/mol. The molecular formula is C12H17N3O2. The second-order valence-electron chi connectivity index (χ2n) is 4.23. The minimum absolute atomic E-state index is 0.270. The molecule has 1 fully saturated rings. The second-order valence-corrected chi connectivity index (χ2v) is 4.23. The van der Waals surface area contributed by atoms with E-state index >= 15 is 0 Å². The second kappa shape index (κ2) is 5.16. The number of primary amides is 1. The summed E-state index contributed by atoms with van der Waals surface area (Å²) in [5.74, 6) is 0. The number of rotatable bonds is 4. The average molecular weight is 235 g/mol. The fourth-order valence-electron chi connectivity index (χ4n) is 1.78. The maximum absolute atomic E-state index is 10.7. The van der Waals surface area contributed by atoms with Gasteiger partial charge in [-0.15, -0.1) is 0 Å². The van der Waals surface area contributed by atoms with Crippen LogP contribution in [-0.2, 0) is 4.74 Å². The molecule has 2 rings (SSSR count). The van der Waals surface area contributed by atoms with Gasteiger partial charge >= 0.3 is 6.03 Å². The van der Waals surface area contributed by atoms with E-state index < -0.39 is 6.03 Å². The van der Waals surface area contributed by atoms with Gasteiger partial charge in [-0.3, -0.25) is 0 Å². The van der Waals surface area contributed by atoms with E-state index in [9.17, 15) is 4.79 Å². The number of ether oxygens (including phenoxy) is 1. The third kappa shape index (κ3) is 3.18. The molecule has 17 heavy (non-hydrogen) atoms. The Morgan fingerprint density at radius 2 is 2.06 bits per heavy atom. The maximum Gasteiger partial charge on any atom is 0.316 e. The molecule has 0 aliphatic carbocycles. The molecule has 1 aromatic carbocycles. The van der Waals surface area contributed by atoms with Gasteiger partial charge in [0.2, 0.25) is 0 Å². The summed E-state index contributed by atoms with van der Waals surface area (Å²) in [5.41, 5.74) is 6.92. The third-order valence-corrected chi connectivity index (χ3v) is 2.80. The van der Waals surface area contributed by atoms with Gasteiger partial charge < -0.3 is 21.1 Å². The molecule has 1 unspecified atom stereocenters. The van der Waals surface area contributed by atoms with Crippen molar-refractivity contribution in [2.75, 3.05) is 18.5 Å². The number of benzene rings is 1. The first-order valence-corrected chi connectivity index (χ1v) is 5.65. The van der Waals surface area contributed by atoms with Crippen molar-refractivity contribution in [3.63, 3.8) is 0 Å². The molecule has 5 nitrogen and oxygen atoms in total. The topological polar surface area (TPSA) is 76.4 Å². The Morgan fingerprint density at radius 3 is 2.53 bits per heavy atom. The first kappa shape index (κ1) is 11.9. The van der Waals surface area contributed by atoms with Crippen LogP contribution < -0.4 is 16.4 Å². The molecule has 0 radical (unpaired) electrons. The van der Waals surface area contributed by atoms with Gasteiger partial charge in [-0.2, -0.15) is 0 Å².